The average molecular weight is 353 g/mol. The van der Waals surface area contributed by atoms with Crippen molar-refractivity contribution in [1.82, 2.24) is 14.9 Å². The lowest BCUT2D eigenvalue weighted by Crippen LogP contribution is -2.36. The van der Waals surface area contributed by atoms with Crippen molar-refractivity contribution in [3.63, 3.8) is 0 Å². The number of aryl methyl sites for hydroxylation is 2. The van der Waals surface area contributed by atoms with E-state index >= 15 is 0 Å². The highest BCUT2D eigenvalue weighted by atomic mass is 16.5. The van der Waals surface area contributed by atoms with Crippen LogP contribution in [0.3, 0.4) is 0 Å². The molecule has 26 heavy (non-hydrogen) atoms. The molecule has 134 valence electrons. The van der Waals surface area contributed by atoms with Crippen molar-refractivity contribution in [3.8, 4) is 5.75 Å². The lowest BCUT2D eigenvalue weighted by Gasteiger charge is -2.24. The molecule has 1 aliphatic rings. The van der Waals surface area contributed by atoms with Gasteiger partial charge in [-0.25, -0.2) is 9.97 Å². The van der Waals surface area contributed by atoms with Crippen molar-refractivity contribution in [2.24, 2.45) is 0 Å². The van der Waals surface area contributed by atoms with Gasteiger partial charge in [-0.05, 0) is 19.1 Å². The van der Waals surface area contributed by atoms with Crippen LogP contribution in [0.5, 0.6) is 5.75 Å². The van der Waals surface area contributed by atoms with Gasteiger partial charge in [0.25, 0.3) is 5.91 Å². The largest absolute Gasteiger partial charge is 0.484 e. The molecule has 1 aliphatic heterocycles. The Morgan fingerprint density at radius 3 is 2.73 bits per heavy atom. The lowest BCUT2D eigenvalue weighted by atomic mass is 10.1. The van der Waals surface area contributed by atoms with Crippen LogP contribution in [0.15, 0.2) is 39.2 Å². The number of hydrogen-bond acceptors (Lipinski definition) is 6. The smallest absolute Gasteiger partial charge is 0.276 e. The van der Waals surface area contributed by atoms with E-state index in [0.29, 0.717) is 48.5 Å². The number of amides is 1. The number of hydrogen-bond donors (Lipinski definition) is 0. The van der Waals surface area contributed by atoms with E-state index in [4.69, 9.17) is 13.6 Å². The molecule has 7 nitrogen and oxygen atoms in total. The zero-order valence-electron chi connectivity index (χ0n) is 14.7. The number of nitrogens with zero attached hydrogens (tertiary/aromatic N) is 3. The first kappa shape index (κ1) is 16.4. The number of carbonyl (C=O) groups excluding carboxylic acids is 1. The summed E-state index contributed by atoms with van der Waals surface area (Å²) >= 11 is 0. The highest BCUT2D eigenvalue weighted by Gasteiger charge is 2.29. The Bertz CT molecular complexity index is 930. The Balaban J connectivity index is 1.45. The maximum absolute atomic E-state index is 12.7. The minimum Gasteiger partial charge on any atom is -0.484 e. The molecule has 3 aromatic rings. The fourth-order valence-corrected chi connectivity index (χ4v) is 3.02. The van der Waals surface area contributed by atoms with Gasteiger partial charge < -0.3 is 18.5 Å². The number of carbonyl (C=O) groups is 1. The van der Waals surface area contributed by atoms with E-state index in [-0.39, 0.29) is 12.5 Å². The van der Waals surface area contributed by atoms with Crippen LogP contribution in [-0.2, 0) is 19.6 Å². The number of benzene rings is 1. The Kier molecular flexibility index (Phi) is 4.20. The number of rotatable bonds is 4. The van der Waals surface area contributed by atoms with Gasteiger partial charge in [-0.15, -0.1) is 0 Å². The highest BCUT2D eigenvalue weighted by Crippen LogP contribution is 2.23. The molecule has 4 rings (SSSR count). The van der Waals surface area contributed by atoms with Crippen molar-refractivity contribution in [2.45, 2.75) is 33.4 Å². The molecule has 3 heterocycles. The number of aromatic nitrogens is 2. The van der Waals surface area contributed by atoms with Crippen molar-refractivity contribution >= 4 is 5.91 Å². The molecule has 0 N–H and O–H groups in total. The Hall–Kier alpha value is -3.09. The molecule has 0 aliphatic carbocycles. The Morgan fingerprint density at radius 2 is 2.00 bits per heavy atom. The van der Waals surface area contributed by atoms with E-state index < -0.39 is 0 Å². The van der Waals surface area contributed by atoms with Crippen LogP contribution >= 0.6 is 0 Å². The van der Waals surface area contributed by atoms with Gasteiger partial charge in [0, 0.05) is 19.9 Å². The molecule has 0 spiro atoms. The van der Waals surface area contributed by atoms with Crippen molar-refractivity contribution < 1.29 is 18.4 Å². The summed E-state index contributed by atoms with van der Waals surface area (Å²) in [5.41, 5.74) is 1.24. The highest BCUT2D eigenvalue weighted by molar-refractivity contribution is 5.93. The quantitative estimate of drug-likeness (QED) is 0.717. The van der Waals surface area contributed by atoms with Crippen LogP contribution in [0.25, 0.3) is 0 Å². The van der Waals surface area contributed by atoms with Gasteiger partial charge >= 0.3 is 0 Å². The molecule has 2 aromatic heterocycles. The zero-order chi connectivity index (χ0) is 18.1. The van der Waals surface area contributed by atoms with Crippen LogP contribution in [0.2, 0.25) is 0 Å². The standard InChI is InChI=1S/C19H19N3O4/c1-12-18(20-13(2)25-12)19(23)22-9-8-15-16(10-22)26-17(21-15)11-24-14-6-4-3-5-7-14/h3-7H,8-11H2,1-2H3. The van der Waals surface area contributed by atoms with Crippen molar-refractivity contribution in [2.75, 3.05) is 6.54 Å². The van der Waals surface area contributed by atoms with Crippen LogP contribution in [0.4, 0.5) is 0 Å². The second-order valence-electron chi connectivity index (χ2n) is 6.19. The normalized spacial score (nSPS) is 13.5. The third-order valence-electron chi connectivity index (χ3n) is 4.27. The average Bonchev–Trinajstić information content (AvgIpc) is 3.21. The number of fused-ring (bicyclic) bond motifs is 1. The van der Waals surface area contributed by atoms with Gasteiger partial charge in [-0.1, -0.05) is 18.2 Å². The molecule has 0 atom stereocenters. The van der Waals surface area contributed by atoms with Crippen molar-refractivity contribution in [1.29, 1.82) is 0 Å². The number of ether oxygens (including phenoxy) is 1. The van der Waals surface area contributed by atoms with E-state index in [1.165, 1.54) is 0 Å². The molecule has 0 saturated carbocycles. The molecule has 7 heteroatoms. The van der Waals surface area contributed by atoms with Gasteiger partial charge in [0.2, 0.25) is 5.89 Å². The lowest BCUT2D eigenvalue weighted by molar-refractivity contribution is 0.0711. The molecule has 0 radical (unpaired) electrons. The third-order valence-corrected chi connectivity index (χ3v) is 4.27. The molecular weight excluding hydrogens is 334 g/mol. The predicted octanol–water partition coefficient (Wildman–Crippen LogP) is 3.06. The second kappa shape index (κ2) is 6.67. The molecule has 1 aromatic carbocycles. The molecule has 0 saturated heterocycles. The third kappa shape index (κ3) is 3.20. The Labute approximate surface area is 150 Å². The first-order chi connectivity index (χ1) is 12.6. The van der Waals surface area contributed by atoms with Crippen LogP contribution < -0.4 is 4.74 Å². The maximum atomic E-state index is 12.7. The SMILES string of the molecule is Cc1nc(C(=O)N2CCc3nc(COc4ccccc4)oc3C2)c(C)o1. The van der Waals surface area contributed by atoms with E-state index in [0.717, 1.165) is 11.4 Å². The predicted molar refractivity (Wildman–Crippen MR) is 91.7 cm³/mol. The van der Waals surface area contributed by atoms with Crippen LogP contribution in [-0.4, -0.2) is 27.3 Å². The monoisotopic (exact) mass is 353 g/mol. The molecule has 0 unspecified atom stereocenters. The van der Waals surface area contributed by atoms with Gasteiger partial charge in [-0.2, -0.15) is 0 Å². The number of para-hydroxylation sites is 1. The van der Waals surface area contributed by atoms with Crippen LogP contribution in [0.1, 0.15) is 39.5 Å². The minimum atomic E-state index is -0.150. The van der Waals surface area contributed by atoms with E-state index in [2.05, 4.69) is 9.97 Å². The van der Waals surface area contributed by atoms with Crippen LogP contribution in [0, 0.1) is 13.8 Å². The summed E-state index contributed by atoms with van der Waals surface area (Å²) in [6, 6.07) is 9.51. The molecule has 1 amide bonds. The summed E-state index contributed by atoms with van der Waals surface area (Å²) in [6.07, 6.45) is 0.645. The van der Waals surface area contributed by atoms with Gasteiger partial charge in [0.05, 0.1) is 12.2 Å². The fourth-order valence-electron chi connectivity index (χ4n) is 3.02. The summed E-state index contributed by atoms with van der Waals surface area (Å²) in [4.78, 5) is 23.1. The fraction of sp³-hybridized carbons (Fsp3) is 0.316. The first-order valence-electron chi connectivity index (χ1n) is 8.49. The molecular formula is C19H19N3O4. The van der Waals surface area contributed by atoms with Crippen molar-refractivity contribution in [3.05, 3.63) is 65.0 Å². The van der Waals surface area contributed by atoms with E-state index in [1.54, 1.807) is 18.7 Å². The summed E-state index contributed by atoms with van der Waals surface area (Å²) in [5, 5.41) is 0. The summed E-state index contributed by atoms with van der Waals surface area (Å²) in [7, 11) is 0. The minimum absolute atomic E-state index is 0.150. The van der Waals surface area contributed by atoms with Gasteiger partial charge in [0.1, 0.15) is 17.3 Å². The van der Waals surface area contributed by atoms with E-state index in [1.807, 2.05) is 30.3 Å². The Morgan fingerprint density at radius 1 is 1.19 bits per heavy atom. The summed E-state index contributed by atoms with van der Waals surface area (Å²) in [6.45, 7) is 4.68. The summed E-state index contributed by atoms with van der Waals surface area (Å²) < 4.78 is 16.8. The van der Waals surface area contributed by atoms with E-state index in [9.17, 15) is 4.79 Å². The van der Waals surface area contributed by atoms with Gasteiger partial charge in [0.15, 0.2) is 18.2 Å². The molecule has 0 fully saturated rings. The zero-order valence-corrected chi connectivity index (χ0v) is 14.7. The molecule has 0 bridgehead atoms. The number of oxazole rings is 2. The first-order valence-corrected chi connectivity index (χ1v) is 8.49. The topological polar surface area (TPSA) is 81.6 Å². The second-order valence-corrected chi connectivity index (χ2v) is 6.19. The van der Waals surface area contributed by atoms with Gasteiger partial charge in [-0.3, -0.25) is 4.79 Å². The maximum Gasteiger partial charge on any atom is 0.276 e. The summed E-state index contributed by atoms with van der Waals surface area (Å²) in [5.74, 6) is 2.85.